The molecule has 2 heteroatoms. The SMILES string of the molecule is CCNC/C(C)=C/c1ccc(C)cc1Br. The fourth-order valence-corrected chi connectivity index (χ4v) is 2.00. The average molecular weight is 268 g/mol. The summed E-state index contributed by atoms with van der Waals surface area (Å²) in [6.07, 6.45) is 2.21. The maximum Gasteiger partial charge on any atom is 0.0250 e. The standard InChI is InChI=1S/C13H18BrN/c1-4-15-9-11(3)7-12-6-5-10(2)8-13(12)14/h5-8,15H,4,9H2,1-3H3/b11-7+. The van der Waals surface area contributed by atoms with Gasteiger partial charge < -0.3 is 5.32 Å². The van der Waals surface area contributed by atoms with Gasteiger partial charge in [0, 0.05) is 11.0 Å². The van der Waals surface area contributed by atoms with E-state index in [9.17, 15) is 0 Å². The molecule has 1 aromatic rings. The minimum absolute atomic E-state index is 0.955. The van der Waals surface area contributed by atoms with Gasteiger partial charge >= 0.3 is 0 Å². The highest BCUT2D eigenvalue weighted by atomic mass is 79.9. The first-order valence-corrected chi connectivity index (χ1v) is 6.07. The van der Waals surface area contributed by atoms with Crippen LogP contribution in [-0.4, -0.2) is 13.1 Å². The number of hydrogen-bond donors (Lipinski definition) is 1. The van der Waals surface area contributed by atoms with E-state index < -0.39 is 0 Å². The molecule has 0 aliphatic rings. The van der Waals surface area contributed by atoms with Crippen LogP contribution in [0.15, 0.2) is 28.2 Å². The highest BCUT2D eigenvalue weighted by molar-refractivity contribution is 9.10. The third-order valence-corrected chi connectivity index (χ3v) is 2.90. The van der Waals surface area contributed by atoms with Gasteiger partial charge in [-0.3, -0.25) is 0 Å². The van der Waals surface area contributed by atoms with Crippen LogP contribution >= 0.6 is 15.9 Å². The summed E-state index contributed by atoms with van der Waals surface area (Å²) in [5, 5.41) is 3.32. The molecule has 0 fully saturated rings. The quantitative estimate of drug-likeness (QED) is 0.876. The van der Waals surface area contributed by atoms with Crippen molar-refractivity contribution < 1.29 is 0 Å². The lowest BCUT2D eigenvalue weighted by Gasteiger charge is -2.04. The number of likely N-dealkylation sites (N-methyl/N-ethyl adjacent to an activating group) is 1. The van der Waals surface area contributed by atoms with E-state index in [1.54, 1.807) is 0 Å². The van der Waals surface area contributed by atoms with E-state index in [0.29, 0.717) is 0 Å². The summed E-state index contributed by atoms with van der Waals surface area (Å²) in [4.78, 5) is 0. The maximum absolute atomic E-state index is 3.58. The molecule has 15 heavy (non-hydrogen) atoms. The Labute approximate surface area is 101 Å². The lowest BCUT2D eigenvalue weighted by atomic mass is 10.1. The molecule has 0 aromatic heterocycles. The van der Waals surface area contributed by atoms with Gasteiger partial charge in [0.1, 0.15) is 0 Å². The van der Waals surface area contributed by atoms with Gasteiger partial charge in [0.2, 0.25) is 0 Å². The topological polar surface area (TPSA) is 12.0 Å². The molecule has 0 atom stereocenters. The van der Waals surface area contributed by atoms with Crippen LogP contribution in [0, 0.1) is 6.92 Å². The van der Waals surface area contributed by atoms with E-state index in [2.05, 4.69) is 66.3 Å². The van der Waals surface area contributed by atoms with Crippen LogP contribution in [0.4, 0.5) is 0 Å². The van der Waals surface area contributed by atoms with Crippen molar-refractivity contribution in [3.05, 3.63) is 39.4 Å². The first-order chi connectivity index (χ1) is 7.13. The van der Waals surface area contributed by atoms with E-state index in [1.165, 1.54) is 21.2 Å². The zero-order chi connectivity index (χ0) is 11.3. The normalized spacial score (nSPS) is 11.9. The third kappa shape index (κ3) is 4.18. The summed E-state index contributed by atoms with van der Waals surface area (Å²) in [6.45, 7) is 8.34. The molecule has 0 spiro atoms. The molecule has 1 N–H and O–H groups in total. The van der Waals surface area contributed by atoms with Crippen molar-refractivity contribution in [2.45, 2.75) is 20.8 Å². The van der Waals surface area contributed by atoms with Crippen molar-refractivity contribution in [3.8, 4) is 0 Å². The summed E-state index contributed by atoms with van der Waals surface area (Å²) in [5.41, 5.74) is 3.88. The molecule has 0 unspecified atom stereocenters. The summed E-state index contributed by atoms with van der Waals surface area (Å²) >= 11 is 3.58. The molecule has 0 aliphatic carbocycles. The van der Waals surface area contributed by atoms with E-state index in [4.69, 9.17) is 0 Å². The van der Waals surface area contributed by atoms with Gasteiger partial charge in [0.05, 0.1) is 0 Å². The number of hydrogen-bond acceptors (Lipinski definition) is 1. The average Bonchev–Trinajstić information content (AvgIpc) is 2.19. The zero-order valence-corrected chi connectivity index (χ0v) is 11.2. The van der Waals surface area contributed by atoms with E-state index in [-0.39, 0.29) is 0 Å². The van der Waals surface area contributed by atoms with Crippen molar-refractivity contribution >= 4 is 22.0 Å². The third-order valence-electron chi connectivity index (χ3n) is 2.21. The lowest BCUT2D eigenvalue weighted by Crippen LogP contribution is -2.14. The number of rotatable bonds is 4. The fourth-order valence-electron chi connectivity index (χ4n) is 1.39. The minimum Gasteiger partial charge on any atom is -0.313 e. The Morgan fingerprint density at radius 1 is 1.47 bits per heavy atom. The number of halogens is 1. The Bertz CT molecular complexity index is 356. The number of aryl methyl sites for hydroxylation is 1. The minimum atomic E-state index is 0.955. The zero-order valence-electron chi connectivity index (χ0n) is 9.60. The summed E-state index contributed by atoms with van der Waals surface area (Å²) < 4.78 is 1.17. The highest BCUT2D eigenvalue weighted by Gasteiger charge is 1.97. The van der Waals surface area contributed by atoms with E-state index in [1.807, 2.05) is 0 Å². The Morgan fingerprint density at radius 2 is 2.20 bits per heavy atom. The van der Waals surface area contributed by atoms with Crippen molar-refractivity contribution in [2.24, 2.45) is 0 Å². The largest absolute Gasteiger partial charge is 0.313 e. The molecule has 0 saturated carbocycles. The second kappa shape index (κ2) is 6.09. The smallest absolute Gasteiger partial charge is 0.0250 e. The second-order valence-corrected chi connectivity index (χ2v) is 4.65. The van der Waals surface area contributed by atoms with Gasteiger partial charge in [-0.2, -0.15) is 0 Å². The van der Waals surface area contributed by atoms with Gasteiger partial charge in [0.15, 0.2) is 0 Å². The Morgan fingerprint density at radius 3 is 2.80 bits per heavy atom. The number of benzene rings is 1. The van der Waals surface area contributed by atoms with E-state index in [0.717, 1.165) is 13.1 Å². The summed E-state index contributed by atoms with van der Waals surface area (Å²) in [6, 6.07) is 6.43. The molecular weight excluding hydrogens is 250 g/mol. The molecule has 1 nitrogen and oxygen atoms in total. The van der Waals surface area contributed by atoms with Crippen LogP contribution in [0.3, 0.4) is 0 Å². The first-order valence-electron chi connectivity index (χ1n) is 5.27. The van der Waals surface area contributed by atoms with Crippen molar-refractivity contribution in [1.82, 2.24) is 5.32 Å². The monoisotopic (exact) mass is 267 g/mol. The van der Waals surface area contributed by atoms with Crippen LogP contribution in [0.25, 0.3) is 6.08 Å². The molecule has 0 aliphatic heterocycles. The van der Waals surface area contributed by atoms with Crippen molar-refractivity contribution in [3.63, 3.8) is 0 Å². The highest BCUT2D eigenvalue weighted by Crippen LogP contribution is 2.20. The summed E-state index contributed by atoms with van der Waals surface area (Å²) in [5.74, 6) is 0. The van der Waals surface area contributed by atoms with Gasteiger partial charge in [-0.15, -0.1) is 0 Å². The van der Waals surface area contributed by atoms with Crippen LogP contribution in [0.1, 0.15) is 25.0 Å². The molecule has 0 amide bonds. The van der Waals surface area contributed by atoms with Crippen LogP contribution < -0.4 is 5.32 Å². The molecule has 0 heterocycles. The first kappa shape index (κ1) is 12.5. The van der Waals surface area contributed by atoms with E-state index >= 15 is 0 Å². The Hall–Kier alpha value is -0.600. The van der Waals surface area contributed by atoms with Crippen LogP contribution in [0.2, 0.25) is 0 Å². The van der Waals surface area contributed by atoms with Crippen molar-refractivity contribution in [1.29, 1.82) is 0 Å². The molecule has 1 rings (SSSR count). The Kier molecular flexibility index (Phi) is 5.06. The Balaban J connectivity index is 2.78. The molecule has 0 radical (unpaired) electrons. The predicted octanol–water partition coefficient (Wildman–Crippen LogP) is 3.77. The number of nitrogens with one attached hydrogen (secondary N) is 1. The van der Waals surface area contributed by atoms with Gasteiger partial charge in [-0.1, -0.05) is 46.6 Å². The van der Waals surface area contributed by atoms with Crippen molar-refractivity contribution in [2.75, 3.05) is 13.1 Å². The second-order valence-electron chi connectivity index (χ2n) is 3.80. The lowest BCUT2D eigenvalue weighted by molar-refractivity contribution is 0.778. The van der Waals surface area contributed by atoms with Gasteiger partial charge in [0.25, 0.3) is 0 Å². The fraction of sp³-hybridized carbons (Fsp3) is 0.385. The van der Waals surface area contributed by atoms with Crippen LogP contribution in [-0.2, 0) is 0 Å². The molecular formula is C13H18BrN. The molecule has 82 valence electrons. The molecule has 1 aromatic carbocycles. The van der Waals surface area contributed by atoms with Crippen LogP contribution in [0.5, 0.6) is 0 Å². The maximum atomic E-state index is 3.58. The summed E-state index contributed by atoms with van der Waals surface area (Å²) in [7, 11) is 0. The van der Waals surface area contributed by atoms with Gasteiger partial charge in [-0.05, 0) is 37.6 Å². The van der Waals surface area contributed by atoms with Gasteiger partial charge in [-0.25, -0.2) is 0 Å². The predicted molar refractivity (Wildman–Crippen MR) is 71.1 cm³/mol. The molecule has 0 saturated heterocycles. The molecule has 0 bridgehead atoms.